The minimum absolute atomic E-state index is 0.0543. The number of aromatic nitrogens is 2. The summed E-state index contributed by atoms with van der Waals surface area (Å²) in [6, 6.07) is 12.0. The van der Waals surface area contributed by atoms with E-state index in [0.717, 1.165) is 46.2 Å². The zero-order valence-electron chi connectivity index (χ0n) is 18.1. The number of nitrogens with one attached hydrogen (secondary N) is 1. The minimum Gasteiger partial charge on any atom is -0.338 e. The molecule has 2 aromatic carbocycles. The zero-order chi connectivity index (χ0) is 22.0. The number of benzene rings is 2. The normalized spacial score (nSPS) is 17.0. The van der Waals surface area contributed by atoms with E-state index in [9.17, 15) is 4.79 Å². The van der Waals surface area contributed by atoms with Crippen LogP contribution in [-0.2, 0) is 11.3 Å². The third-order valence-corrected chi connectivity index (χ3v) is 6.20. The molecule has 2 heterocycles. The molecule has 1 fully saturated rings. The summed E-state index contributed by atoms with van der Waals surface area (Å²) in [7, 11) is 0. The van der Waals surface area contributed by atoms with E-state index >= 15 is 0 Å². The summed E-state index contributed by atoms with van der Waals surface area (Å²) >= 11 is 3.47. The molecule has 7 heteroatoms. The van der Waals surface area contributed by atoms with Crippen molar-refractivity contribution in [1.82, 2.24) is 15.0 Å². The SMILES string of the molecule is Cc1cc(C)c(NC(=O)C2CCCN(Cc3nc(-c4cccc(Br)c4)no3)C2)c(C)c1. The van der Waals surface area contributed by atoms with Gasteiger partial charge in [0, 0.05) is 22.3 Å². The summed E-state index contributed by atoms with van der Waals surface area (Å²) in [6.07, 6.45) is 1.86. The molecule has 1 saturated heterocycles. The van der Waals surface area contributed by atoms with Gasteiger partial charge >= 0.3 is 0 Å². The number of rotatable bonds is 5. The van der Waals surface area contributed by atoms with Crippen LogP contribution in [-0.4, -0.2) is 34.0 Å². The lowest BCUT2D eigenvalue weighted by Gasteiger charge is -2.31. The maximum Gasteiger partial charge on any atom is 0.241 e. The van der Waals surface area contributed by atoms with Crippen molar-refractivity contribution >= 4 is 27.5 Å². The first kappa shape index (κ1) is 21.7. The Kier molecular flexibility index (Phi) is 6.53. The number of carbonyl (C=O) groups excluding carboxylic acids is 1. The predicted molar refractivity (Wildman–Crippen MR) is 125 cm³/mol. The van der Waals surface area contributed by atoms with Crippen molar-refractivity contribution in [1.29, 1.82) is 0 Å². The van der Waals surface area contributed by atoms with Crippen LogP contribution < -0.4 is 5.32 Å². The summed E-state index contributed by atoms with van der Waals surface area (Å²) in [5.74, 6) is 1.18. The van der Waals surface area contributed by atoms with E-state index in [-0.39, 0.29) is 11.8 Å². The van der Waals surface area contributed by atoms with Crippen molar-refractivity contribution in [3.63, 3.8) is 0 Å². The van der Waals surface area contributed by atoms with Crippen molar-refractivity contribution in [3.8, 4) is 11.4 Å². The van der Waals surface area contributed by atoms with Crippen LogP contribution in [0.1, 0.15) is 35.4 Å². The molecule has 1 N–H and O–H groups in total. The summed E-state index contributed by atoms with van der Waals surface area (Å²) in [5.41, 5.74) is 5.25. The molecule has 1 amide bonds. The molecule has 1 aliphatic rings. The predicted octanol–water partition coefficient (Wildman–Crippen LogP) is 5.28. The van der Waals surface area contributed by atoms with Gasteiger partial charge in [-0.05, 0) is 63.4 Å². The molecule has 0 bridgehead atoms. The first-order valence-corrected chi connectivity index (χ1v) is 11.4. The number of hydrogen-bond donors (Lipinski definition) is 1. The van der Waals surface area contributed by atoms with Crippen LogP contribution in [0.2, 0.25) is 0 Å². The monoisotopic (exact) mass is 482 g/mol. The Balaban J connectivity index is 1.39. The molecule has 1 unspecified atom stereocenters. The lowest BCUT2D eigenvalue weighted by atomic mass is 9.96. The van der Waals surface area contributed by atoms with Gasteiger partial charge in [-0.15, -0.1) is 0 Å². The first-order valence-electron chi connectivity index (χ1n) is 10.6. The largest absolute Gasteiger partial charge is 0.338 e. The van der Waals surface area contributed by atoms with E-state index in [0.29, 0.717) is 24.8 Å². The average molecular weight is 483 g/mol. The second-order valence-electron chi connectivity index (χ2n) is 8.36. The Morgan fingerprint density at radius 1 is 1.23 bits per heavy atom. The van der Waals surface area contributed by atoms with Gasteiger partial charge < -0.3 is 9.84 Å². The lowest BCUT2D eigenvalue weighted by molar-refractivity contribution is -0.121. The van der Waals surface area contributed by atoms with Gasteiger partial charge in [0.05, 0.1) is 12.5 Å². The van der Waals surface area contributed by atoms with Gasteiger partial charge in [-0.1, -0.05) is 50.9 Å². The molecule has 31 heavy (non-hydrogen) atoms. The van der Waals surface area contributed by atoms with Crippen molar-refractivity contribution in [2.75, 3.05) is 18.4 Å². The number of anilines is 1. The third kappa shape index (κ3) is 5.22. The molecular weight excluding hydrogens is 456 g/mol. The van der Waals surface area contributed by atoms with Gasteiger partial charge in [-0.3, -0.25) is 9.69 Å². The number of nitrogens with zero attached hydrogens (tertiary/aromatic N) is 3. The molecule has 162 valence electrons. The minimum atomic E-state index is -0.0543. The molecule has 4 rings (SSSR count). The van der Waals surface area contributed by atoms with Crippen molar-refractivity contribution in [3.05, 3.63) is 63.5 Å². The maximum atomic E-state index is 13.0. The Bertz CT molecular complexity index is 1070. The second kappa shape index (κ2) is 9.32. The van der Waals surface area contributed by atoms with Crippen LogP contribution in [0.5, 0.6) is 0 Å². The Morgan fingerprint density at radius 3 is 2.74 bits per heavy atom. The summed E-state index contributed by atoms with van der Waals surface area (Å²) in [6.45, 7) is 8.31. The number of amides is 1. The van der Waals surface area contributed by atoms with Gasteiger partial charge in [-0.25, -0.2) is 0 Å². The summed E-state index contributed by atoms with van der Waals surface area (Å²) in [5, 5.41) is 7.29. The van der Waals surface area contributed by atoms with Gasteiger partial charge in [-0.2, -0.15) is 4.98 Å². The highest BCUT2D eigenvalue weighted by molar-refractivity contribution is 9.10. The van der Waals surface area contributed by atoms with E-state index in [1.807, 2.05) is 38.1 Å². The van der Waals surface area contributed by atoms with E-state index in [2.05, 4.69) is 55.3 Å². The number of halogens is 1. The Hall–Kier alpha value is -2.51. The fourth-order valence-corrected chi connectivity index (χ4v) is 4.67. The fraction of sp³-hybridized carbons (Fsp3) is 0.375. The molecule has 1 atom stereocenters. The molecule has 6 nitrogen and oxygen atoms in total. The Labute approximate surface area is 191 Å². The van der Waals surface area contributed by atoms with E-state index in [4.69, 9.17) is 4.52 Å². The second-order valence-corrected chi connectivity index (χ2v) is 9.27. The van der Waals surface area contributed by atoms with Gasteiger partial charge in [0.2, 0.25) is 17.6 Å². The molecule has 3 aromatic rings. The number of piperidine rings is 1. The molecule has 0 saturated carbocycles. The highest BCUT2D eigenvalue weighted by Crippen LogP contribution is 2.26. The molecule has 0 radical (unpaired) electrons. The van der Waals surface area contributed by atoms with E-state index < -0.39 is 0 Å². The van der Waals surface area contributed by atoms with Crippen LogP contribution in [0.25, 0.3) is 11.4 Å². The average Bonchev–Trinajstić information content (AvgIpc) is 3.19. The topological polar surface area (TPSA) is 71.3 Å². The third-order valence-electron chi connectivity index (χ3n) is 5.71. The van der Waals surface area contributed by atoms with Gasteiger partial charge in [0.15, 0.2) is 0 Å². The number of likely N-dealkylation sites (tertiary alicyclic amines) is 1. The maximum absolute atomic E-state index is 13.0. The highest BCUT2D eigenvalue weighted by atomic mass is 79.9. The van der Waals surface area contributed by atoms with Crippen LogP contribution in [0, 0.1) is 26.7 Å². The van der Waals surface area contributed by atoms with Crippen molar-refractivity contribution in [2.45, 2.75) is 40.2 Å². The van der Waals surface area contributed by atoms with Crippen LogP contribution in [0.15, 0.2) is 45.4 Å². The smallest absolute Gasteiger partial charge is 0.241 e. The van der Waals surface area contributed by atoms with Crippen LogP contribution in [0.3, 0.4) is 0 Å². The van der Waals surface area contributed by atoms with Gasteiger partial charge in [0.25, 0.3) is 0 Å². The fourth-order valence-electron chi connectivity index (χ4n) is 4.27. The molecule has 1 aliphatic heterocycles. The Morgan fingerprint density at radius 2 is 2.00 bits per heavy atom. The first-order chi connectivity index (χ1) is 14.9. The molecular formula is C24H27BrN4O2. The van der Waals surface area contributed by atoms with Crippen LogP contribution >= 0.6 is 15.9 Å². The van der Waals surface area contributed by atoms with E-state index in [1.165, 1.54) is 5.56 Å². The number of aryl methyl sites for hydroxylation is 3. The quantitative estimate of drug-likeness (QED) is 0.535. The molecule has 1 aromatic heterocycles. The lowest BCUT2D eigenvalue weighted by Crippen LogP contribution is -2.40. The zero-order valence-corrected chi connectivity index (χ0v) is 19.7. The summed E-state index contributed by atoms with van der Waals surface area (Å²) < 4.78 is 6.45. The number of carbonyl (C=O) groups is 1. The molecule has 0 aliphatic carbocycles. The van der Waals surface area contributed by atoms with Crippen molar-refractivity contribution < 1.29 is 9.32 Å². The number of hydrogen-bond acceptors (Lipinski definition) is 5. The highest BCUT2D eigenvalue weighted by Gasteiger charge is 2.27. The van der Waals surface area contributed by atoms with Crippen molar-refractivity contribution in [2.24, 2.45) is 5.92 Å². The summed E-state index contributed by atoms with van der Waals surface area (Å²) in [4.78, 5) is 19.7. The van der Waals surface area contributed by atoms with Crippen LogP contribution in [0.4, 0.5) is 5.69 Å². The van der Waals surface area contributed by atoms with Gasteiger partial charge in [0.1, 0.15) is 0 Å². The molecule has 0 spiro atoms. The standard InChI is InChI=1S/C24H27BrN4O2/c1-15-10-16(2)22(17(3)11-15)27-24(30)19-7-5-9-29(13-19)14-21-26-23(28-31-21)18-6-4-8-20(25)12-18/h4,6,8,10-12,19H,5,7,9,13-14H2,1-3H3,(H,27,30). The van der Waals surface area contributed by atoms with E-state index in [1.54, 1.807) is 0 Å².